The molecule has 0 bridgehead atoms. The van der Waals surface area contributed by atoms with Gasteiger partial charge in [-0.3, -0.25) is 4.79 Å². The van der Waals surface area contributed by atoms with Crippen LogP contribution in [0.5, 0.6) is 5.75 Å². The number of carbonyl (C=O) groups is 1. The molecule has 0 heterocycles. The van der Waals surface area contributed by atoms with Crippen molar-refractivity contribution in [1.82, 2.24) is 0 Å². The van der Waals surface area contributed by atoms with Crippen molar-refractivity contribution >= 4 is 5.97 Å². The van der Waals surface area contributed by atoms with Crippen molar-refractivity contribution in [2.75, 3.05) is 14.2 Å². The fourth-order valence-electron chi connectivity index (χ4n) is 2.19. The van der Waals surface area contributed by atoms with Crippen LogP contribution in [-0.4, -0.2) is 25.3 Å². The molecule has 0 aliphatic rings. The molecule has 0 radical (unpaired) electrons. The molecule has 1 N–H and O–H groups in total. The van der Waals surface area contributed by atoms with E-state index >= 15 is 0 Å². The molecule has 4 heteroatoms. The number of ether oxygens (including phenoxy) is 2. The highest BCUT2D eigenvalue weighted by Crippen LogP contribution is 2.37. The highest BCUT2D eigenvalue weighted by Gasteiger charge is 2.40. The molecule has 0 amide bonds. The number of aliphatic hydroxyl groups is 1. The average Bonchev–Trinajstić information content (AvgIpc) is 2.38. The van der Waals surface area contributed by atoms with E-state index in [9.17, 15) is 9.90 Å². The number of carbonyl (C=O) groups excluding carboxylic acids is 1. The monoisotopic (exact) mass is 252 g/mol. The fraction of sp³-hybridized carbons (Fsp3) is 0.500. The third-order valence-electron chi connectivity index (χ3n) is 3.22. The summed E-state index contributed by atoms with van der Waals surface area (Å²) in [7, 11) is 2.86. The van der Waals surface area contributed by atoms with Gasteiger partial charge in [-0.2, -0.15) is 0 Å². The number of benzene rings is 1. The van der Waals surface area contributed by atoms with E-state index in [0.29, 0.717) is 17.7 Å². The Morgan fingerprint density at radius 3 is 2.50 bits per heavy atom. The Labute approximate surface area is 108 Å². The first-order chi connectivity index (χ1) is 8.48. The van der Waals surface area contributed by atoms with E-state index in [2.05, 4.69) is 0 Å². The minimum atomic E-state index is -1.32. The van der Waals surface area contributed by atoms with Gasteiger partial charge < -0.3 is 14.6 Å². The zero-order valence-electron chi connectivity index (χ0n) is 11.3. The van der Waals surface area contributed by atoms with Crippen molar-refractivity contribution in [3.63, 3.8) is 0 Å². The second-order valence-electron chi connectivity index (χ2n) is 4.33. The van der Waals surface area contributed by atoms with Gasteiger partial charge in [-0.05, 0) is 19.4 Å². The van der Waals surface area contributed by atoms with Crippen LogP contribution in [0.15, 0.2) is 24.3 Å². The molecule has 0 saturated heterocycles. The molecule has 0 fully saturated rings. The molecule has 1 rings (SSSR count). The quantitative estimate of drug-likeness (QED) is 0.815. The zero-order valence-corrected chi connectivity index (χ0v) is 11.3. The van der Waals surface area contributed by atoms with E-state index in [4.69, 9.17) is 9.47 Å². The number of para-hydroxylation sites is 1. The average molecular weight is 252 g/mol. The summed E-state index contributed by atoms with van der Waals surface area (Å²) in [6.07, 6.45) is 0.484. The van der Waals surface area contributed by atoms with E-state index in [-0.39, 0.29) is 0 Å². The maximum absolute atomic E-state index is 11.7. The first-order valence-electron chi connectivity index (χ1n) is 5.92. The van der Waals surface area contributed by atoms with Gasteiger partial charge in [0.2, 0.25) is 0 Å². The number of hydrogen-bond acceptors (Lipinski definition) is 4. The number of hydrogen-bond donors (Lipinski definition) is 1. The summed E-state index contributed by atoms with van der Waals surface area (Å²) in [5, 5.41) is 10.7. The Balaban J connectivity index is 3.21. The van der Waals surface area contributed by atoms with Gasteiger partial charge in [0.05, 0.1) is 20.1 Å². The highest BCUT2D eigenvalue weighted by molar-refractivity contribution is 5.74. The molecule has 0 saturated carbocycles. The van der Waals surface area contributed by atoms with Crippen LogP contribution < -0.4 is 4.74 Å². The fourth-order valence-corrected chi connectivity index (χ4v) is 2.19. The molecule has 2 unspecified atom stereocenters. The lowest BCUT2D eigenvalue weighted by molar-refractivity contribution is -0.155. The van der Waals surface area contributed by atoms with Crippen LogP contribution in [0.3, 0.4) is 0 Å². The van der Waals surface area contributed by atoms with Crippen LogP contribution in [0, 0.1) is 5.92 Å². The highest BCUT2D eigenvalue weighted by atomic mass is 16.5. The molecule has 0 aromatic heterocycles. The number of methoxy groups -OCH3 is 2. The molecule has 0 aliphatic heterocycles. The molecule has 0 spiro atoms. The summed E-state index contributed by atoms with van der Waals surface area (Å²) < 4.78 is 9.97. The predicted octanol–water partition coefficient (Wildman–Crippen LogP) is 2.10. The van der Waals surface area contributed by atoms with Gasteiger partial charge in [0.25, 0.3) is 0 Å². The Hall–Kier alpha value is -1.55. The molecule has 4 nitrogen and oxygen atoms in total. The summed E-state index contributed by atoms with van der Waals surface area (Å²) >= 11 is 0. The Morgan fingerprint density at radius 1 is 1.39 bits per heavy atom. The molecule has 2 atom stereocenters. The third kappa shape index (κ3) is 2.64. The van der Waals surface area contributed by atoms with Crippen LogP contribution in [0.25, 0.3) is 0 Å². The Morgan fingerprint density at radius 2 is 2.00 bits per heavy atom. The lowest BCUT2D eigenvalue weighted by Crippen LogP contribution is -2.37. The van der Waals surface area contributed by atoms with Crippen LogP contribution in [0.2, 0.25) is 0 Å². The van der Waals surface area contributed by atoms with Crippen LogP contribution in [-0.2, 0) is 15.1 Å². The minimum absolute atomic E-state index is 0.423. The predicted molar refractivity (Wildman–Crippen MR) is 68.4 cm³/mol. The van der Waals surface area contributed by atoms with Gasteiger partial charge in [-0.1, -0.05) is 25.1 Å². The van der Waals surface area contributed by atoms with Gasteiger partial charge in [0.1, 0.15) is 11.4 Å². The van der Waals surface area contributed by atoms with Crippen molar-refractivity contribution in [2.45, 2.75) is 25.9 Å². The minimum Gasteiger partial charge on any atom is -0.496 e. The Kier molecular flexibility index (Phi) is 4.73. The normalized spacial score (nSPS) is 15.6. The van der Waals surface area contributed by atoms with Crippen LogP contribution in [0.4, 0.5) is 0 Å². The maximum atomic E-state index is 11.7. The lowest BCUT2D eigenvalue weighted by atomic mass is 9.81. The lowest BCUT2D eigenvalue weighted by Gasteiger charge is -2.31. The molecular weight excluding hydrogens is 232 g/mol. The largest absolute Gasteiger partial charge is 0.496 e. The van der Waals surface area contributed by atoms with E-state index in [1.54, 1.807) is 25.1 Å². The topological polar surface area (TPSA) is 55.8 Å². The maximum Gasteiger partial charge on any atom is 0.311 e. The summed E-state index contributed by atoms with van der Waals surface area (Å²) in [5.41, 5.74) is -0.737. The van der Waals surface area contributed by atoms with Crippen molar-refractivity contribution in [1.29, 1.82) is 0 Å². The molecular formula is C14H20O4. The van der Waals surface area contributed by atoms with Crippen LogP contribution >= 0.6 is 0 Å². The van der Waals surface area contributed by atoms with Gasteiger partial charge in [-0.25, -0.2) is 0 Å². The van der Waals surface area contributed by atoms with Crippen molar-refractivity contribution < 1.29 is 19.4 Å². The molecule has 100 valence electrons. The summed E-state index contributed by atoms with van der Waals surface area (Å²) in [4.78, 5) is 11.7. The van der Waals surface area contributed by atoms with E-state index < -0.39 is 17.5 Å². The molecule has 1 aromatic carbocycles. The van der Waals surface area contributed by atoms with E-state index in [1.165, 1.54) is 14.2 Å². The van der Waals surface area contributed by atoms with Crippen molar-refractivity contribution in [2.24, 2.45) is 5.92 Å². The standard InChI is InChI=1S/C14H20O4/c1-5-10(13(15)18-4)14(2,16)11-8-6-7-9-12(11)17-3/h6-10,16H,5H2,1-4H3. The third-order valence-corrected chi connectivity index (χ3v) is 3.22. The van der Waals surface area contributed by atoms with Gasteiger partial charge in [0.15, 0.2) is 0 Å². The molecule has 1 aromatic rings. The SMILES string of the molecule is CCC(C(=O)OC)C(C)(O)c1ccccc1OC. The summed E-state index contributed by atoms with van der Waals surface area (Å²) in [5.74, 6) is -0.489. The second kappa shape index (κ2) is 5.87. The van der Waals surface area contributed by atoms with E-state index in [1.807, 2.05) is 13.0 Å². The van der Waals surface area contributed by atoms with Crippen LogP contribution in [0.1, 0.15) is 25.8 Å². The first kappa shape index (κ1) is 14.5. The first-order valence-corrected chi connectivity index (χ1v) is 5.92. The number of rotatable bonds is 5. The van der Waals surface area contributed by atoms with E-state index in [0.717, 1.165) is 0 Å². The smallest absolute Gasteiger partial charge is 0.311 e. The number of esters is 1. The van der Waals surface area contributed by atoms with Gasteiger partial charge >= 0.3 is 5.97 Å². The van der Waals surface area contributed by atoms with Gasteiger partial charge in [-0.15, -0.1) is 0 Å². The van der Waals surface area contributed by atoms with Gasteiger partial charge in [0, 0.05) is 5.56 Å². The Bertz CT molecular complexity index is 412. The molecule has 18 heavy (non-hydrogen) atoms. The van der Waals surface area contributed by atoms with Crippen molar-refractivity contribution in [3.05, 3.63) is 29.8 Å². The molecule has 0 aliphatic carbocycles. The zero-order chi connectivity index (χ0) is 13.8. The summed E-state index contributed by atoms with van der Waals surface area (Å²) in [6.45, 7) is 3.45. The van der Waals surface area contributed by atoms with Crippen molar-refractivity contribution in [3.8, 4) is 5.75 Å². The second-order valence-corrected chi connectivity index (χ2v) is 4.33. The summed E-state index contributed by atoms with van der Waals surface area (Å²) in [6, 6.07) is 7.13.